The highest BCUT2D eigenvalue weighted by Gasteiger charge is 2.21. The van der Waals surface area contributed by atoms with Crippen LogP contribution in [0.2, 0.25) is 0 Å². The number of carbonyl (C=O) groups excluding carboxylic acids is 1. The minimum atomic E-state index is -0.193. The van der Waals surface area contributed by atoms with Gasteiger partial charge in [0.05, 0.1) is 0 Å². The number of hydrogen-bond acceptors (Lipinski definition) is 3. The fraction of sp³-hybridized carbons (Fsp3) is 0.476. The van der Waals surface area contributed by atoms with Crippen LogP contribution in [-0.2, 0) is 29.2 Å². The molecule has 2 aromatic rings. The van der Waals surface area contributed by atoms with Crippen LogP contribution in [0.25, 0.3) is 0 Å². The molecule has 3 rings (SSSR count). The van der Waals surface area contributed by atoms with Crippen molar-refractivity contribution in [2.45, 2.75) is 26.1 Å². The molecule has 0 fully saturated rings. The second-order valence-electron chi connectivity index (χ2n) is 7.45. The molecule has 1 aliphatic heterocycles. The molecule has 2 heterocycles. The highest BCUT2D eigenvalue weighted by molar-refractivity contribution is 5.76. The van der Waals surface area contributed by atoms with Crippen molar-refractivity contribution in [3.8, 4) is 0 Å². The number of amides is 1. The number of likely N-dealkylation sites (N-methyl/N-ethyl adjacent to an activating group) is 1. The lowest BCUT2D eigenvalue weighted by Gasteiger charge is -2.24. The van der Waals surface area contributed by atoms with Crippen molar-refractivity contribution < 1.29 is 13.9 Å². The molecule has 1 aromatic carbocycles. The number of aromatic nitrogens is 1. The van der Waals surface area contributed by atoms with Gasteiger partial charge in [0.1, 0.15) is 12.4 Å². The molecule has 146 valence electrons. The largest absolute Gasteiger partial charge is 0.372 e. The fourth-order valence-corrected chi connectivity index (χ4v) is 3.50. The van der Waals surface area contributed by atoms with Crippen LogP contribution in [-0.4, -0.2) is 54.1 Å². The van der Waals surface area contributed by atoms with E-state index < -0.39 is 0 Å². The maximum Gasteiger partial charge on any atom is 0.248 e. The van der Waals surface area contributed by atoms with Crippen LogP contribution < -0.4 is 0 Å². The fourth-order valence-electron chi connectivity index (χ4n) is 3.50. The molecular formula is C21H28FN3O2. The maximum atomic E-state index is 13.5. The van der Waals surface area contributed by atoms with E-state index in [9.17, 15) is 9.18 Å². The van der Waals surface area contributed by atoms with E-state index in [1.54, 1.807) is 31.1 Å². The van der Waals surface area contributed by atoms with E-state index in [4.69, 9.17) is 4.74 Å². The zero-order chi connectivity index (χ0) is 19.2. The Kier molecular flexibility index (Phi) is 6.63. The van der Waals surface area contributed by atoms with Gasteiger partial charge >= 0.3 is 0 Å². The number of nitrogens with zero attached hydrogens (tertiary/aromatic N) is 3. The number of carbonyl (C=O) groups is 1. The lowest BCUT2D eigenvalue weighted by Crippen LogP contribution is -2.29. The van der Waals surface area contributed by atoms with Crippen LogP contribution in [0.3, 0.4) is 0 Å². The van der Waals surface area contributed by atoms with Crippen LogP contribution in [0, 0.1) is 11.7 Å². The molecule has 0 radical (unpaired) electrons. The smallest absolute Gasteiger partial charge is 0.248 e. The number of benzene rings is 1. The standard InChI is InChI=1S/C21H28FN3O2/c1-23(2)21(26)16-27-10-8-18-13-24(12-17-5-3-6-19(22)11-17)15-20-7-4-9-25(20)14-18/h3-7,9,11,18H,8,10,12-16H2,1-2H3. The highest BCUT2D eigenvalue weighted by Crippen LogP contribution is 2.21. The molecule has 1 amide bonds. The Morgan fingerprint density at radius 3 is 2.89 bits per heavy atom. The van der Waals surface area contributed by atoms with Crippen LogP contribution in [0.4, 0.5) is 4.39 Å². The minimum absolute atomic E-state index is 0.0173. The first-order chi connectivity index (χ1) is 13.0. The van der Waals surface area contributed by atoms with Gasteiger partial charge in [0.15, 0.2) is 0 Å². The predicted octanol–water partition coefficient (Wildman–Crippen LogP) is 2.75. The minimum Gasteiger partial charge on any atom is -0.372 e. The molecule has 0 saturated carbocycles. The zero-order valence-corrected chi connectivity index (χ0v) is 16.1. The van der Waals surface area contributed by atoms with Crippen molar-refractivity contribution in [3.63, 3.8) is 0 Å². The third kappa shape index (κ3) is 5.65. The first-order valence-corrected chi connectivity index (χ1v) is 9.40. The molecule has 0 N–H and O–H groups in total. The van der Waals surface area contributed by atoms with Gasteiger partial charge in [-0.05, 0) is 42.2 Å². The molecule has 6 heteroatoms. The number of halogens is 1. The Hall–Kier alpha value is -2.18. The second-order valence-corrected chi connectivity index (χ2v) is 7.45. The quantitative estimate of drug-likeness (QED) is 0.701. The monoisotopic (exact) mass is 373 g/mol. The Morgan fingerprint density at radius 1 is 1.26 bits per heavy atom. The number of fused-ring (bicyclic) bond motifs is 1. The lowest BCUT2D eigenvalue weighted by atomic mass is 10.1. The van der Waals surface area contributed by atoms with Crippen LogP contribution >= 0.6 is 0 Å². The summed E-state index contributed by atoms with van der Waals surface area (Å²) in [6.07, 6.45) is 3.00. The van der Waals surface area contributed by atoms with Gasteiger partial charge in [-0.3, -0.25) is 9.69 Å². The van der Waals surface area contributed by atoms with Crippen molar-refractivity contribution >= 4 is 5.91 Å². The molecule has 0 aliphatic carbocycles. The van der Waals surface area contributed by atoms with E-state index >= 15 is 0 Å². The van der Waals surface area contributed by atoms with Crippen molar-refractivity contribution in [2.24, 2.45) is 5.92 Å². The van der Waals surface area contributed by atoms with Gasteiger partial charge in [-0.25, -0.2) is 4.39 Å². The molecule has 0 spiro atoms. The topological polar surface area (TPSA) is 37.7 Å². The first-order valence-electron chi connectivity index (χ1n) is 9.40. The maximum absolute atomic E-state index is 13.5. The third-order valence-electron chi connectivity index (χ3n) is 4.97. The van der Waals surface area contributed by atoms with Gasteiger partial charge in [-0.2, -0.15) is 0 Å². The van der Waals surface area contributed by atoms with Crippen LogP contribution in [0.15, 0.2) is 42.6 Å². The molecular weight excluding hydrogens is 345 g/mol. The summed E-state index contributed by atoms with van der Waals surface area (Å²) in [6.45, 7) is 4.12. The molecule has 1 aromatic heterocycles. The molecule has 27 heavy (non-hydrogen) atoms. The summed E-state index contributed by atoms with van der Waals surface area (Å²) in [5, 5.41) is 0. The van der Waals surface area contributed by atoms with E-state index in [0.717, 1.165) is 38.2 Å². The van der Waals surface area contributed by atoms with Crippen LogP contribution in [0.1, 0.15) is 17.7 Å². The number of ether oxygens (including phenoxy) is 1. The molecule has 0 saturated heterocycles. The zero-order valence-electron chi connectivity index (χ0n) is 16.1. The van der Waals surface area contributed by atoms with Gasteiger partial charge < -0.3 is 14.2 Å². The summed E-state index contributed by atoms with van der Waals surface area (Å²) in [7, 11) is 3.46. The van der Waals surface area contributed by atoms with E-state index in [1.165, 1.54) is 11.8 Å². The van der Waals surface area contributed by atoms with E-state index in [2.05, 4.69) is 27.8 Å². The Morgan fingerprint density at radius 2 is 2.11 bits per heavy atom. The molecule has 1 atom stereocenters. The summed E-state index contributed by atoms with van der Waals surface area (Å²) in [6, 6.07) is 11.0. The summed E-state index contributed by atoms with van der Waals surface area (Å²) < 4.78 is 21.4. The number of rotatable bonds is 7. The molecule has 0 bridgehead atoms. The third-order valence-corrected chi connectivity index (χ3v) is 4.97. The first kappa shape index (κ1) is 19.6. The highest BCUT2D eigenvalue weighted by atomic mass is 19.1. The van der Waals surface area contributed by atoms with Crippen LogP contribution in [0.5, 0.6) is 0 Å². The summed E-state index contributed by atoms with van der Waals surface area (Å²) >= 11 is 0. The van der Waals surface area contributed by atoms with Gasteiger partial charge in [0.25, 0.3) is 0 Å². The molecule has 1 aliphatic rings. The Balaban J connectivity index is 1.60. The van der Waals surface area contributed by atoms with Gasteiger partial charge in [0.2, 0.25) is 5.91 Å². The van der Waals surface area contributed by atoms with Crippen molar-refractivity contribution in [3.05, 3.63) is 59.7 Å². The second kappa shape index (κ2) is 9.15. The average Bonchev–Trinajstić information content (AvgIpc) is 2.98. The lowest BCUT2D eigenvalue weighted by molar-refractivity contribution is -0.133. The molecule has 1 unspecified atom stereocenters. The van der Waals surface area contributed by atoms with E-state index in [0.29, 0.717) is 12.5 Å². The van der Waals surface area contributed by atoms with Gasteiger partial charge in [-0.15, -0.1) is 0 Å². The Labute approximate surface area is 160 Å². The SMILES string of the molecule is CN(C)C(=O)COCCC1CN(Cc2cccc(F)c2)Cc2cccn2C1. The molecule has 5 nitrogen and oxygen atoms in total. The summed E-state index contributed by atoms with van der Waals surface area (Å²) in [5.74, 6) is 0.208. The number of hydrogen-bond donors (Lipinski definition) is 0. The summed E-state index contributed by atoms with van der Waals surface area (Å²) in [4.78, 5) is 15.5. The normalized spacial score (nSPS) is 17.4. The van der Waals surface area contributed by atoms with Crippen molar-refractivity contribution in [1.29, 1.82) is 0 Å². The van der Waals surface area contributed by atoms with Crippen molar-refractivity contribution in [2.75, 3.05) is 33.9 Å². The summed E-state index contributed by atoms with van der Waals surface area (Å²) in [5.41, 5.74) is 2.26. The van der Waals surface area contributed by atoms with Crippen molar-refractivity contribution in [1.82, 2.24) is 14.4 Å². The Bertz CT molecular complexity index is 759. The average molecular weight is 373 g/mol. The van der Waals surface area contributed by atoms with E-state index in [1.807, 2.05) is 6.07 Å². The van der Waals surface area contributed by atoms with Gasteiger partial charge in [0, 0.05) is 58.8 Å². The van der Waals surface area contributed by atoms with E-state index in [-0.39, 0.29) is 18.3 Å². The predicted molar refractivity (Wildman–Crippen MR) is 103 cm³/mol. The van der Waals surface area contributed by atoms with Gasteiger partial charge in [-0.1, -0.05) is 12.1 Å².